The first-order valence-electron chi connectivity index (χ1n) is 6.04. The summed E-state index contributed by atoms with van der Waals surface area (Å²) in [4.78, 5) is 22.3. The molecule has 2 N–H and O–H groups in total. The number of carbonyl (C=O) groups is 2. The van der Waals surface area contributed by atoms with Gasteiger partial charge in [-0.05, 0) is 19.1 Å². The number of aryl methyl sites for hydroxylation is 1. The van der Waals surface area contributed by atoms with E-state index in [0.717, 1.165) is 11.4 Å². The lowest BCUT2D eigenvalue weighted by molar-refractivity contribution is -0.160. The van der Waals surface area contributed by atoms with Gasteiger partial charge in [-0.15, -0.1) is 0 Å². The first-order chi connectivity index (χ1) is 9.69. The molecule has 1 aromatic rings. The van der Waals surface area contributed by atoms with Crippen molar-refractivity contribution < 1.29 is 27.5 Å². The topological polar surface area (TPSA) is 72.4 Å². The van der Waals surface area contributed by atoms with Gasteiger partial charge in [0.1, 0.15) is 6.54 Å². The van der Waals surface area contributed by atoms with E-state index in [-0.39, 0.29) is 6.54 Å². The molecule has 0 aliphatic carbocycles. The fourth-order valence-corrected chi connectivity index (χ4v) is 1.45. The van der Waals surface area contributed by atoms with Crippen molar-refractivity contribution in [3.8, 4) is 0 Å². The van der Waals surface area contributed by atoms with Crippen LogP contribution in [0.3, 0.4) is 0 Å². The van der Waals surface area contributed by atoms with Crippen molar-refractivity contribution in [1.82, 2.24) is 15.2 Å². The summed E-state index contributed by atoms with van der Waals surface area (Å²) in [5.41, 5.74) is 1.88. The second-order valence-corrected chi connectivity index (χ2v) is 4.35. The number of nitrogens with one attached hydrogen (secondary N) is 2. The van der Waals surface area contributed by atoms with Crippen LogP contribution in [0.5, 0.6) is 0 Å². The molecule has 0 saturated heterocycles. The van der Waals surface area contributed by atoms with Crippen molar-refractivity contribution in [2.24, 2.45) is 7.05 Å². The summed E-state index contributed by atoms with van der Waals surface area (Å²) in [7, 11) is 1.84. The molecule has 1 aromatic heterocycles. The Kier molecular flexibility index (Phi) is 5.62. The third-order valence-electron chi connectivity index (χ3n) is 2.70. The second-order valence-electron chi connectivity index (χ2n) is 4.35. The Labute approximate surface area is 119 Å². The van der Waals surface area contributed by atoms with Gasteiger partial charge >= 0.3 is 12.3 Å². The Hall–Kier alpha value is -2.19. The van der Waals surface area contributed by atoms with Crippen LogP contribution in [-0.2, 0) is 23.1 Å². The Bertz CT molecular complexity index is 512. The van der Waals surface area contributed by atoms with Crippen LogP contribution in [-0.4, -0.2) is 35.9 Å². The molecule has 6 nitrogen and oxygen atoms in total. The van der Waals surface area contributed by atoms with Crippen molar-refractivity contribution in [2.75, 3.05) is 13.2 Å². The third-order valence-corrected chi connectivity index (χ3v) is 2.70. The molecule has 2 amide bonds. The number of alkyl halides is 3. The van der Waals surface area contributed by atoms with E-state index < -0.39 is 31.3 Å². The quantitative estimate of drug-likeness (QED) is 0.859. The van der Waals surface area contributed by atoms with Crippen LogP contribution in [0.4, 0.5) is 18.0 Å². The van der Waals surface area contributed by atoms with E-state index in [1.165, 1.54) is 0 Å². The molecular formula is C12H16F3N3O3. The molecule has 0 fully saturated rings. The monoisotopic (exact) mass is 307 g/mol. The van der Waals surface area contributed by atoms with Gasteiger partial charge in [0, 0.05) is 18.4 Å². The average molecular weight is 307 g/mol. The lowest BCUT2D eigenvalue weighted by Gasteiger charge is -2.10. The average Bonchev–Trinajstić information content (AvgIpc) is 2.71. The first kappa shape index (κ1) is 16.9. The number of nitrogens with zero attached hydrogens (tertiary/aromatic N) is 1. The maximum atomic E-state index is 11.8. The number of amides is 2. The molecule has 0 atom stereocenters. The van der Waals surface area contributed by atoms with E-state index in [0.29, 0.717) is 0 Å². The highest BCUT2D eigenvalue weighted by Crippen LogP contribution is 2.14. The van der Waals surface area contributed by atoms with Crippen LogP contribution >= 0.6 is 0 Å². The fraction of sp³-hybridized carbons (Fsp3) is 0.500. The van der Waals surface area contributed by atoms with Crippen LogP contribution in [0.2, 0.25) is 0 Å². The molecule has 1 rings (SSSR count). The maximum Gasteiger partial charge on any atom is 0.422 e. The summed E-state index contributed by atoms with van der Waals surface area (Å²) >= 11 is 0. The minimum atomic E-state index is -4.59. The van der Waals surface area contributed by atoms with Gasteiger partial charge in [0.05, 0.1) is 6.54 Å². The predicted molar refractivity (Wildman–Crippen MR) is 67.4 cm³/mol. The van der Waals surface area contributed by atoms with Crippen molar-refractivity contribution in [1.29, 1.82) is 0 Å². The molecule has 0 bridgehead atoms. The molecule has 0 aliphatic heterocycles. The third kappa shape index (κ3) is 6.19. The Morgan fingerprint density at radius 2 is 1.95 bits per heavy atom. The van der Waals surface area contributed by atoms with E-state index in [4.69, 9.17) is 0 Å². The van der Waals surface area contributed by atoms with Gasteiger partial charge in [0.15, 0.2) is 6.61 Å². The van der Waals surface area contributed by atoms with E-state index in [1.807, 2.05) is 36.0 Å². The van der Waals surface area contributed by atoms with Gasteiger partial charge < -0.3 is 19.9 Å². The molecule has 0 radical (unpaired) electrons. The highest BCUT2D eigenvalue weighted by molar-refractivity contribution is 5.82. The summed E-state index contributed by atoms with van der Waals surface area (Å²) in [6, 6.07) is 3.72. The largest absolute Gasteiger partial charge is 0.440 e. The van der Waals surface area contributed by atoms with Crippen molar-refractivity contribution in [3.63, 3.8) is 0 Å². The number of ether oxygens (including phenoxy) is 1. The lowest BCUT2D eigenvalue weighted by atomic mass is 10.4. The van der Waals surface area contributed by atoms with Crippen LogP contribution in [0, 0.1) is 6.92 Å². The highest BCUT2D eigenvalue weighted by Gasteiger charge is 2.29. The van der Waals surface area contributed by atoms with E-state index in [9.17, 15) is 22.8 Å². The molecule has 1 heterocycles. The molecule has 0 aromatic carbocycles. The summed E-state index contributed by atoms with van der Waals surface area (Å²) < 4.78 is 41.1. The molecule has 118 valence electrons. The summed E-state index contributed by atoms with van der Waals surface area (Å²) in [5.74, 6) is -0.530. The zero-order chi connectivity index (χ0) is 16.0. The normalized spacial score (nSPS) is 11.1. The number of hydrogen-bond acceptors (Lipinski definition) is 3. The van der Waals surface area contributed by atoms with Crippen LogP contribution in [0.15, 0.2) is 12.1 Å². The van der Waals surface area contributed by atoms with Crippen molar-refractivity contribution >= 4 is 12.0 Å². The smallest absolute Gasteiger partial charge is 0.422 e. The molecule has 0 aliphatic rings. The minimum Gasteiger partial charge on any atom is -0.440 e. The molecule has 9 heteroatoms. The van der Waals surface area contributed by atoms with Crippen LogP contribution < -0.4 is 10.6 Å². The first-order valence-corrected chi connectivity index (χ1v) is 6.04. The summed E-state index contributed by atoms with van der Waals surface area (Å²) in [5, 5.41) is 4.46. The van der Waals surface area contributed by atoms with Crippen LogP contribution in [0.1, 0.15) is 11.4 Å². The standard InChI is InChI=1S/C12H16F3N3O3/c1-8-3-4-9(18(8)2)5-16-10(19)6-17-11(20)21-7-12(13,14)15/h3-4H,5-7H2,1-2H3,(H,16,19)(H,17,20). The number of rotatable bonds is 5. The number of halogens is 3. The molecular weight excluding hydrogens is 291 g/mol. The number of aromatic nitrogens is 1. The molecule has 0 saturated carbocycles. The van der Waals surface area contributed by atoms with E-state index in [2.05, 4.69) is 10.1 Å². The van der Waals surface area contributed by atoms with Crippen molar-refractivity contribution in [2.45, 2.75) is 19.6 Å². The summed E-state index contributed by atoms with van der Waals surface area (Å²) in [6.07, 6.45) is -5.89. The number of carbonyl (C=O) groups excluding carboxylic acids is 2. The van der Waals surface area contributed by atoms with Gasteiger partial charge in [-0.25, -0.2) is 4.79 Å². The van der Waals surface area contributed by atoms with Gasteiger partial charge in [-0.1, -0.05) is 0 Å². The van der Waals surface area contributed by atoms with Gasteiger partial charge in [0.25, 0.3) is 0 Å². The van der Waals surface area contributed by atoms with Crippen LogP contribution in [0.25, 0.3) is 0 Å². The molecule has 0 unspecified atom stereocenters. The highest BCUT2D eigenvalue weighted by atomic mass is 19.4. The summed E-state index contributed by atoms with van der Waals surface area (Å²) in [6.45, 7) is 0.00909. The van der Waals surface area contributed by atoms with E-state index >= 15 is 0 Å². The maximum absolute atomic E-state index is 11.8. The Morgan fingerprint density at radius 3 is 2.48 bits per heavy atom. The van der Waals surface area contributed by atoms with Crippen molar-refractivity contribution in [3.05, 3.63) is 23.5 Å². The van der Waals surface area contributed by atoms with Gasteiger partial charge in [-0.2, -0.15) is 13.2 Å². The fourth-order valence-electron chi connectivity index (χ4n) is 1.45. The second kappa shape index (κ2) is 7.00. The molecule has 0 spiro atoms. The minimum absolute atomic E-state index is 0.252. The number of alkyl carbamates (subject to hydrolysis) is 1. The predicted octanol–water partition coefficient (Wildman–Crippen LogP) is 1.24. The lowest BCUT2D eigenvalue weighted by Crippen LogP contribution is -2.38. The molecule has 21 heavy (non-hydrogen) atoms. The SMILES string of the molecule is Cc1ccc(CNC(=O)CNC(=O)OCC(F)(F)F)n1C. The zero-order valence-electron chi connectivity index (χ0n) is 11.6. The number of hydrogen-bond donors (Lipinski definition) is 2. The zero-order valence-corrected chi connectivity index (χ0v) is 11.6. The van der Waals surface area contributed by atoms with E-state index in [1.54, 1.807) is 0 Å². The Balaban J connectivity index is 2.25. The van der Waals surface area contributed by atoms with Gasteiger partial charge in [0.2, 0.25) is 5.91 Å². The Morgan fingerprint density at radius 1 is 1.29 bits per heavy atom. The van der Waals surface area contributed by atoms with Gasteiger partial charge in [-0.3, -0.25) is 4.79 Å².